The van der Waals surface area contributed by atoms with Gasteiger partial charge in [0.2, 0.25) is 0 Å². The molecule has 15 heavy (non-hydrogen) atoms. The lowest BCUT2D eigenvalue weighted by Gasteiger charge is -2.16. The Balaban J connectivity index is 3.30. The summed E-state index contributed by atoms with van der Waals surface area (Å²) in [5, 5.41) is 28.2. The molecule has 0 radical (unpaired) electrons. The fourth-order valence-corrected chi connectivity index (χ4v) is 0.993. The van der Waals surface area contributed by atoms with Gasteiger partial charge in [0.15, 0.2) is 11.5 Å². The first-order valence-corrected chi connectivity index (χ1v) is 4.15. The number of aliphatic hydroxyl groups is 1. The molecule has 1 aromatic rings. The lowest BCUT2D eigenvalue weighted by atomic mass is 10.00. The summed E-state index contributed by atoms with van der Waals surface area (Å²) in [5.41, 5.74) is 5.03. The third-order valence-electron chi connectivity index (χ3n) is 1.88. The molecule has 5 N–H and O–H groups in total. The Hall–Kier alpha value is -1.59. The molecule has 0 unspecified atom stereocenters. The van der Waals surface area contributed by atoms with Crippen molar-refractivity contribution in [1.29, 1.82) is 0 Å². The first-order valence-electron chi connectivity index (χ1n) is 5.15. The standard InChI is InChI=1S/C10H13NO4/c1-5(12)9(11)10(15)6-2-3-7(13)8(14)4-6/h2-4,9-10,13-15H,11H2,1H3/t9-,10-/m1/s1/i9D,10D. The predicted molar refractivity (Wildman–Crippen MR) is 53.4 cm³/mol. The number of phenols is 2. The fraction of sp³-hybridized carbons (Fsp3) is 0.300. The largest absolute Gasteiger partial charge is 0.504 e. The summed E-state index contributed by atoms with van der Waals surface area (Å²) >= 11 is 0. The number of rotatable bonds is 3. The first-order chi connectivity index (χ1) is 7.60. The van der Waals surface area contributed by atoms with Crippen LogP contribution >= 0.6 is 0 Å². The highest BCUT2D eigenvalue weighted by Crippen LogP contribution is 2.28. The molecule has 0 bridgehead atoms. The van der Waals surface area contributed by atoms with Gasteiger partial charge in [-0.25, -0.2) is 0 Å². The molecular formula is C10H13NO4. The van der Waals surface area contributed by atoms with Crippen LogP contribution in [0.2, 0.25) is 0 Å². The number of nitrogens with two attached hydrogens (primary N) is 1. The lowest BCUT2D eigenvalue weighted by Crippen LogP contribution is -2.35. The zero-order valence-corrected chi connectivity index (χ0v) is 8.06. The van der Waals surface area contributed by atoms with Gasteiger partial charge in [-0.1, -0.05) is 6.07 Å². The SMILES string of the molecule is [2H][C@@](N)(C(C)=O)[C@]([2H])(O)c1ccc(O)c(O)c1. The van der Waals surface area contributed by atoms with E-state index in [4.69, 9.17) is 13.6 Å². The number of ketones is 1. The van der Waals surface area contributed by atoms with Crippen molar-refractivity contribution >= 4 is 5.78 Å². The van der Waals surface area contributed by atoms with Crippen molar-refractivity contribution < 1.29 is 22.9 Å². The molecule has 0 heterocycles. The zero-order valence-electron chi connectivity index (χ0n) is 10.1. The van der Waals surface area contributed by atoms with Crippen molar-refractivity contribution in [2.24, 2.45) is 5.73 Å². The molecular weight excluding hydrogens is 198 g/mol. The highest BCUT2D eigenvalue weighted by molar-refractivity contribution is 5.82. The van der Waals surface area contributed by atoms with Gasteiger partial charge in [0.25, 0.3) is 0 Å². The third-order valence-corrected chi connectivity index (χ3v) is 1.88. The molecule has 0 aliphatic heterocycles. The van der Waals surface area contributed by atoms with Crippen molar-refractivity contribution in [1.82, 2.24) is 0 Å². The molecule has 0 amide bonds. The average molecular weight is 213 g/mol. The smallest absolute Gasteiger partial charge is 0.157 e. The van der Waals surface area contributed by atoms with Crippen LogP contribution in [0, 0.1) is 0 Å². The highest BCUT2D eigenvalue weighted by atomic mass is 16.3. The molecule has 0 aromatic heterocycles. The summed E-state index contributed by atoms with van der Waals surface area (Å²) in [6.45, 7) is 0.979. The van der Waals surface area contributed by atoms with Gasteiger partial charge in [0.1, 0.15) is 11.9 Å². The molecule has 2 atom stereocenters. The Labute approximate surface area is 89.6 Å². The van der Waals surface area contributed by atoms with E-state index in [1.54, 1.807) is 0 Å². The maximum absolute atomic E-state index is 11.1. The number of hydrogen-bond donors (Lipinski definition) is 4. The van der Waals surface area contributed by atoms with Gasteiger partial charge in [-0.05, 0) is 24.6 Å². The molecule has 0 spiro atoms. The van der Waals surface area contributed by atoms with Gasteiger partial charge in [-0.2, -0.15) is 0 Å². The van der Waals surface area contributed by atoms with E-state index in [0.29, 0.717) is 0 Å². The van der Waals surface area contributed by atoms with Crippen LogP contribution in [0.3, 0.4) is 0 Å². The Morgan fingerprint density at radius 2 is 2.07 bits per heavy atom. The number of phenolic OH excluding ortho intramolecular Hbond substituents is 2. The van der Waals surface area contributed by atoms with Crippen LogP contribution < -0.4 is 5.73 Å². The molecule has 5 nitrogen and oxygen atoms in total. The van der Waals surface area contributed by atoms with E-state index in [2.05, 4.69) is 0 Å². The van der Waals surface area contributed by atoms with Crippen molar-refractivity contribution in [3.63, 3.8) is 0 Å². The second-order valence-electron chi connectivity index (χ2n) is 3.02. The molecule has 0 aliphatic rings. The summed E-state index contributed by atoms with van der Waals surface area (Å²) < 4.78 is 15.1. The summed E-state index contributed by atoms with van der Waals surface area (Å²) in [6, 6.07) is 0.430. The Kier molecular flexibility index (Phi) is 2.49. The van der Waals surface area contributed by atoms with Gasteiger partial charge < -0.3 is 21.1 Å². The van der Waals surface area contributed by atoms with Crippen molar-refractivity contribution in [2.45, 2.75) is 19.0 Å². The summed E-state index contributed by atoms with van der Waals surface area (Å²) in [6.07, 6.45) is -2.73. The van der Waals surface area contributed by atoms with E-state index in [1.165, 1.54) is 0 Å². The second-order valence-corrected chi connectivity index (χ2v) is 3.02. The monoisotopic (exact) mass is 213 g/mol. The number of carbonyl (C=O) groups excluding carboxylic acids is 1. The Morgan fingerprint density at radius 3 is 2.53 bits per heavy atom. The summed E-state index contributed by atoms with van der Waals surface area (Å²) in [7, 11) is 0. The Bertz CT molecular complexity index is 460. The second kappa shape index (κ2) is 4.29. The molecule has 0 fully saturated rings. The van der Waals surface area contributed by atoms with E-state index >= 15 is 0 Å². The quantitative estimate of drug-likeness (QED) is 0.531. The number of hydrogen-bond acceptors (Lipinski definition) is 5. The van der Waals surface area contributed by atoms with Crippen LogP contribution in [-0.4, -0.2) is 27.1 Å². The van der Waals surface area contributed by atoms with Crippen LogP contribution in [-0.2, 0) is 4.79 Å². The fourth-order valence-electron chi connectivity index (χ4n) is 0.993. The maximum atomic E-state index is 11.1. The van der Waals surface area contributed by atoms with E-state index < -0.39 is 29.4 Å². The predicted octanol–water partition coefficient (Wildman–Crippen LogP) is 0.0475. The summed E-state index contributed by atoms with van der Waals surface area (Å²) in [4.78, 5) is 11.1. The van der Waals surface area contributed by atoms with Gasteiger partial charge in [0, 0.05) is 0 Å². The van der Waals surface area contributed by atoms with Crippen molar-refractivity contribution in [3.8, 4) is 11.5 Å². The molecule has 5 heteroatoms. The summed E-state index contributed by atoms with van der Waals surface area (Å²) in [5.74, 6) is -1.92. The van der Waals surface area contributed by atoms with Gasteiger partial charge in [-0.15, -0.1) is 0 Å². The average Bonchev–Trinajstić information content (AvgIpc) is 2.21. The van der Waals surface area contributed by atoms with E-state index in [0.717, 1.165) is 25.1 Å². The normalized spacial score (nSPS) is 20.7. The molecule has 1 rings (SSSR count). The van der Waals surface area contributed by atoms with Crippen molar-refractivity contribution in [2.75, 3.05) is 0 Å². The highest BCUT2D eigenvalue weighted by Gasteiger charge is 2.21. The van der Waals surface area contributed by atoms with Crippen LogP contribution in [0.15, 0.2) is 18.2 Å². The van der Waals surface area contributed by atoms with Gasteiger partial charge in [0.05, 0.1) is 8.76 Å². The maximum Gasteiger partial charge on any atom is 0.157 e. The van der Waals surface area contributed by atoms with Crippen LogP contribution in [0.5, 0.6) is 11.5 Å². The number of aromatic hydroxyl groups is 2. The van der Waals surface area contributed by atoms with Crippen LogP contribution in [0.4, 0.5) is 0 Å². The van der Waals surface area contributed by atoms with E-state index in [9.17, 15) is 15.0 Å². The molecule has 0 saturated carbocycles. The number of carbonyl (C=O) groups is 1. The molecule has 0 saturated heterocycles. The van der Waals surface area contributed by atoms with Crippen molar-refractivity contribution in [3.05, 3.63) is 23.8 Å². The van der Waals surface area contributed by atoms with Crippen LogP contribution in [0.25, 0.3) is 0 Å². The topological polar surface area (TPSA) is 104 Å². The minimum absolute atomic E-state index is 0.263. The minimum atomic E-state index is -2.73. The minimum Gasteiger partial charge on any atom is -0.504 e. The lowest BCUT2D eigenvalue weighted by molar-refractivity contribution is -0.120. The zero-order chi connectivity index (χ0) is 13.4. The van der Waals surface area contributed by atoms with E-state index in [1.807, 2.05) is 0 Å². The van der Waals surface area contributed by atoms with Crippen LogP contribution in [0.1, 0.15) is 21.3 Å². The molecule has 1 aromatic carbocycles. The van der Waals surface area contributed by atoms with Gasteiger partial charge >= 0.3 is 0 Å². The van der Waals surface area contributed by atoms with Gasteiger partial charge in [-0.3, -0.25) is 4.79 Å². The third kappa shape index (κ3) is 2.45. The Morgan fingerprint density at radius 1 is 1.47 bits per heavy atom. The molecule has 82 valence electrons. The van der Waals surface area contributed by atoms with E-state index in [-0.39, 0.29) is 5.56 Å². The first kappa shape index (κ1) is 8.70. The number of benzene rings is 1. The number of Topliss-reactive ketones (excluding diaryl/α,β-unsaturated/α-hetero) is 1. The molecule has 0 aliphatic carbocycles.